The van der Waals surface area contributed by atoms with Gasteiger partial charge in [-0.25, -0.2) is 0 Å². The fourth-order valence-electron chi connectivity index (χ4n) is 3.19. The summed E-state index contributed by atoms with van der Waals surface area (Å²) in [5.41, 5.74) is 4.46. The molecule has 0 amide bonds. The van der Waals surface area contributed by atoms with Crippen LogP contribution < -0.4 is 4.74 Å². The number of hydrogen-bond acceptors (Lipinski definition) is 3. The fraction of sp³-hybridized carbons (Fsp3) is 0.550. The molecule has 124 valence electrons. The second-order valence-corrected chi connectivity index (χ2v) is 6.51. The molecule has 1 saturated heterocycles. The molecule has 0 radical (unpaired) electrons. The number of nitrogens with zero attached hydrogens (tertiary/aromatic N) is 2. The standard InChI is InChI=1S/C20H28N2O/c1-5-10-23-20-12-16(3)15(2)11-18(20)14-22-9-7-6-8-19(22)17(4)13-21/h11-12,19H,4-10,14H2,1-3H3. The lowest BCUT2D eigenvalue weighted by molar-refractivity contribution is 0.164. The molecule has 2 rings (SSSR count). The average Bonchev–Trinajstić information content (AvgIpc) is 2.56. The number of piperidine rings is 1. The number of hydrogen-bond donors (Lipinski definition) is 0. The Morgan fingerprint density at radius 1 is 1.35 bits per heavy atom. The molecule has 0 aromatic heterocycles. The van der Waals surface area contributed by atoms with Crippen molar-refractivity contribution in [1.29, 1.82) is 5.26 Å². The topological polar surface area (TPSA) is 36.3 Å². The highest BCUT2D eigenvalue weighted by molar-refractivity contribution is 5.42. The van der Waals surface area contributed by atoms with Gasteiger partial charge in [0, 0.05) is 23.7 Å². The van der Waals surface area contributed by atoms with Crippen molar-refractivity contribution in [2.75, 3.05) is 13.2 Å². The zero-order valence-electron chi connectivity index (χ0n) is 14.7. The quantitative estimate of drug-likeness (QED) is 0.724. The van der Waals surface area contributed by atoms with E-state index in [1.165, 1.54) is 29.5 Å². The number of likely N-dealkylation sites (tertiary alicyclic amines) is 1. The van der Waals surface area contributed by atoms with Gasteiger partial charge in [0.05, 0.1) is 12.7 Å². The summed E-state index contributed by atoms with van der Waals surface area (Å²) in [5.74, 6) is 0.988. The van der Waals surface area contributed by atoms with Crippen LogP contribution in [0, 0.1) is 25.2 Å². The Morgan fingerprint density at radius 3 is 2.78 bits per heavy atom. The van der Waals surface area contributed by atoms with Crippen LogP contribution in [0.4, 0.5) is 0 Å². The lowest BCUT2D eigenvalue weighted by atomic mass is 9.95. The maximum atomic E-state index is 9.22. The minimum Gasteiger partial charge on any atom is -0.493 e. The van der Waals surface area contributed by atoms with Gasteiger partial charge in [0.25, 0.3) is 0 Å². The van der Waals surface area contributed by atoms with Crippen molar-refractivity contribution < 1.29 is 4.74 Å². The highest BCUT2D eigenvalue weighted by atomic mass is 16.5. The van der Waals surface area contributed by atoms with Crippen LogP contribution in [0.25, 0.3) is 0 Å². The van der Waals surface area contributed by atoms with Crippen LogP contribution in [0.1, 0.15) is 49.3 Å². The molecular weight excluding hydrogens is 284 g/mol. The van der Waals surface area contributed by atoms with Gasteiger partial charge >= 0.3 is 0 Å². The smallest absolute Gasteiger partial charge is 0.124 e. The predicted molar refractivity (Wildman–Crippen MR) is 94.5 cm³/mol. The van der Waals surface area contributed by atoms with Gasteiger partial charge in [0.2, 0.25) is 0 Å². The largest absolute Gasteiger partial charge is 0.493 e. The lowest BCUT2D eigenvalue weighted by Crippen LogP contribution is -2.39. The monoisotopic (exact) mass is 312 g/mol. The third-order valence-corrected chi connectivity index (χ3v) is 4.67. The van der Waals surface area contributed by atoms with Crippen molar-refractivity contribution in [2.24, 2.45) is 0 Å². The maximum absolute atomic E-state index is 9.22. The zero-order valence-corrected chi connectivity index (χ0v) is 14.7. The Hall–Kier alpha value is -1.79. The van der Waals surface area contributed by atoms with Crippen LogP contribution in [0.5, 0.6) is 5.75 Å². The highest BCUT2D eigenvalue weighted by Gasteiger charge is 2.25. The van der Waals surface area contributed by atoms with E-state index in [1.54, 1.807) is 0 Å². The molecule has 0 N–H and O–H groups in total. The molecule has 0 saturated carbocycles. The molecule has 1 heterocycles. The number of rotatable bonds is 6. The van der Waals surface area contributed by atoms with E-state index >= 15 is 0 Å². The van der Waals surface area contributed by atoms with E-state index in [0.29, 0.717) is 5.57 Å². The molecule has 23 heavy (non-hydrogen) atoms. The summed E-state index contributed by atoms with van der Waals surface area (Å²) >= 11 is 0. The molecule has 1 aromatic carbocycles. The van der Waals surface area contributed by atoms with Crippen LogP contribution in [0.3, 0.4) is 0 Å². The predicted octanol–water partition coefficient (Wildman–Crippen LogP) is 4.53. The van der Waals surface area contributed by atoms with Gasteiger partial charge in [-0.3, -0.25) is 4.90 Å². The van der Waals surface area contributed by atoms with Gasteiger partial charge < -0.3 is 4.74 Å². The molecule has 1 aromatic rings. The van der Waals surface area contributed by atoms with E-state index in [4.69, 9.17) is 4.74 Å². The molecule has 0 spiro atoms. The van der Waals surface area contributed by atoms with Crippen molar-refractivity contribution in [1.82, 2.24) is 4.90 Å². The van der Waals surface area contributed by atoms with Crippen LogP contribution in [0.2, 0.25) is 0 Å². The van der Waals surface area contributed by atoms with Crippen molar-refractivity contribution in [3.8, 4) is 11.8 Å². The van der Waals surface area contributed by atoms with Crippen molar-refractivity contribution in [2.45, 2.75) is 59.0 Å². The molecule has 1 atom stereocenters. The Bertz CT molecular complexity index is 600. The van der Waals surface area contributed by atoms with Crippen LogP contribution >= 0.6 is 0 Å². The number of nitriles is 1. The van der Waals surface area contributed by atoms with Gasteiger partial charge in [-0.1, -0.05) is 26.0 Å². The summed E-state index contributed by atoms with van der Waals surface area (Å²) in [6.45, 7) is 12.9. The SMILES string of the molecule is C=C(C#N)C1CCCCN1Cc1cc(C)c(C)cc1OCCC. The van der Waals surface area contributed by atoms with Crippen molar-refractivity contribution in [3.63, 3.8) is 0 Å². The Morgan fingerprint density at radius 2 is 2.09 bits per heavy atom. The highest BCUT2D eigenvalue weighted by Crippen LogP contribution is 2.29. The number of ether oxygens (including phenoxy) is 1. The second kappa shape index (κ2) is 8.17. The zero-order chi connectivity index (χ0) is 16.8. The third kappa shape index (κ3) is 4.36. The molecule has 1 unspecified atom stereocenters. The van der Waals surface area contributed by atoms with Gasteiger partial charge in [0.1, 0.15) is 5.75 Å². The van der Waals surface area contributed by atoms with E-state index in [2.05, 4.69) is 50.5 Å². The first-order valence-corrected chi connectivity index (χ1v) is 8.62. The molecule has 0 aliphatic carbocycles. The summed E-state index contributed by atoms with van der Waals surface area (Å²) in [6, 6.07) is 6.82. The molecule has 0 bridgehead atoms. The minimum atomic E-state index is 0.175. The van der Waals surface area contributed by atoms with Crippen LogP contribution in [-0.4, -0.2) is 24.1 Å². The Labute approximate surface area is 140 Å². The molecular formula is C20H28N2O. The van der Waals surface area contributed by atoms with E-state index in [0.717, 1.165) is 38.3 Å². The number of aryl methyl sites for hydroxylation is 2. The maximum Gasteiger partial charge on any atom is 0.124 e. The minimum absolute atomic E-state index is 0.175. The molecule has 1 aliphatic rings. The summed E-state index contributed by atoms with van der Waals surface area (Å²) in [6.07, 6.45) is 4.39. The van der Waals surface area contributed by atoms with Gasteiger partial charge in [0.15, 0.2) is 0 Å². The van der Waals surface area contributed by atoms with Gasteiger partial charge in [-0.2, -0.15) is 5.26 Å². The Balaban J connectivity index is 2.24. The first-order chi connectivity index (χ1) is 11.1. The normalized spacial score (nSPS) is 18.4. The van der Waals surface area contributed by atoms with Gasteiger partial charge in [-0.05, 0) is 56.8 Å². The molecule has 1 fully saturated rings. The fourth-order valence-corrected chi connectivity index (χ4v) is 3.19. The van der Waals surface area contributed by atoms with E-state index in [1.807, 2.05) is 0 Å². The molecule has 3 heteroatoms. The summed E-state index contributed by atoms with van der Waals surface area (Å²) < 4.78 is 5.97. The van der Waals surface area contributed by atoms with Crippen LogP contribution in [0.15, 0.2) is 24.3 Å². The summed E-state index contributed by atoms with van der Waals surface area (Å²) in [4.78, 5) is 2.39. The summed E-state index contributed by atoms with van der Waals surface area (Å²) in [5, 5.41) is 9.22. The third-order valence-electron chi connectivity index (χ3n) is 4.67. The van der Waals surface area contributed by atoms with Crippen molar-refractivity contribution in [3.05, 3.63) is 41.0 Å². The molecule has 3 nitrogen and oxygen atoms in total. The Kier molecular flexibility index (Phi) is 6.24. The van der Waals surface area contributed by atoms with E-state index in [-0.39, 0.29) is 6.04 Å². The number of benzene rings is 1. The first kappa shape index (κ1) is 17.6. The van der Waals surface area contributed by atoms with Crippen molar-refractivity contribution >= 4 is 0 Å². The average molecular weight is 312 g/mol. The first-order valence-electron chi connectivity index (χ1n) is 8.62. The van der Waals surface area contributed by atoms with E-state index in [9.17, 15) is 5.26 Å². The lowest BCUT2D eigenvalue weighted by Gasteiger charge is -2.35. The second-order valence-electron chi connectivity index (χ2n) is 6.51. The van der Waals surface area contributed by atoms with Gasteiger partial charge in [-0.15, -0.1) is 0 Å². The van der Waals surface area contributed by atoms with Crippen LogP contribution in [-0.2, 0) is 6.54 Å². The summed E-state index contributed by atoms with van der Waals surface area (Å²) in [7, 11) is 0. The van der Waals surface area contributed by atoms with E-state index < -0.39 is 0 Å². The molecule has 1 aliphatic heterocycles.